The maximum absolute atomic E-state index is 12.5. The lowest BCUT2D eigenvalue weighted by Gasteiger charge is -2.09. The van der Waals surface area contributed by atoms with Crippen LogP contribution in [0.2, 0.25) is 0 Å². The number of carbonyl (C=O) groups is 2. The maximum atomic E-state index is 12.5. The highest BCUT2D eigenvalue weighted by molar-refractivity contribution is 7.33. The summed E-state index contributed by atoms with van der Waals surface area (Å²) in [4.78, 5) is 50.5. The first kappa shape index (κ1) is 32.5. The lowest BCUT2D eigenvalue weighted by atomic mass is 10.2. The Balaban J connectivity index is 0.880. The van der Waals surface area contributed by atoms with E-state index in [1.807, 2.05) is 12.1 Å². The van der Waals surface area contributed by atoms with Gasteiger partial charge in [0.25, 0.3) is 11.8 Å². The summed E-state index contributed by atoms with van der Waals surface area (Å²) in [7, 11) is -2.86. The quantitative estimate of drug-likeness (QED) is 0.0860. The van der Waals surface area contributed by atoms with Crippen molar-refractivity contribution in [3.8, 4) is 0 Å². The van der Waals surface area contributed by atoms with Crippen molar-refractivity contribution < 1.29 is 32.7 Å². The number of ether oxygens (including phenoxy) is 2. The summed E-state index contributed by atoms with van der Waals surface area (Å²) in [5.41, 5.74) is 2.88. The molecule has 4 heterocycles. The molecule has 17 nitrogen and oxygen atoms in total. The molecule has 6 aromatic rings. The topological polar surface area (TPSA) is 199 Å². The summed E-state index contributed by atoms with van der Waals surface area (Å²) in [6.07, 6.45) is 5.81. The Morgan fingerprint density at radius 3 is 1.50 bits per heavy atom. The third-order valence-electron chi connectivity index (χ3n) is 6.81. The zero-order valence-corrected chi connectivity index (χ0v) is 26.3. The van der Waals surface area contributed by atoms with Crippen LogP contribution in [0, 0.1) is 0 Å². The second-order valence-corrected chi connectivity index (χ2v) is 11.0. The largest absolute Gasteiger partial charge is 0.353 e. The van der Waals surface area contributed by atoms with Crippen LogP contribution in [0.4, 0.5) is 11.6 Å². The molecule has 0 aliphatic carbocycles. The number of aromatic nitrogens is 8. The third-order valence-corrected chi connectivity index (χ3v) is 7.52. The summed E-state index contributed by atoms with van der Waals surface area (Å²) in [6.45, 7) is 0.605. The van der Waals surface area contributed by atoms with Gasteiger partial charge in [-0.15, -0.1) is 0 Å². The molecule has 48 heavy (non-hydrogen) atoms. The van der Waals surface area contributed by atoms with Gasteiger partial charge in [-0.2, -0.15) is 0 Å². The number of fused-ring (bicyclic) bond motifs is 2. The Hall–Kier alpha value is -5.45. The number of nitrogens with zero attached hydrogens (tertiary/aromatic N) is 8. The average molecular weight is 673 g/mol. The predicted octanol–water partition coefficient (Wildman–Crippen LogP) is 3.54. The first-order chi connectivity index (χ1) is 23.6. The van der Waals surface area contributed by atoms with Gasteiger partial charge in [-0.05, 0) is 24.3 Å². The standard InChI is InChI=1S/C30H29N10O7P/c41-29(21-7-3-1-4-8-21)37-25-23-27(33-15-31-25)39(17-35-23)11-13-44-19-46-48(43)47-20-45-14-12-40-18-36-24-26(32-16-34-28(24)40)38-30(42)22-9-5-2-6-10-22/h1-10,15-18,48H,11-14,19-20H2,(H,31,33,37,41)(H,32,34,38,42). The molecular formula is C30H29N10O7P. The Morgan fingerprint density at radius 2 is 1.06 bits per heavy atom. The van der Waals surface area contributed by atoms with E-state index >= 15 is 0 Å². The molecule has 0 unspecified atom stereocenters. The second kappa shape index (κ2) is 15.9. The Kier molecular flexibility index (Phi) is 10.8. The maximum Gasteiger partial charge on any atom is 0.323 e. The van der Waals surface area contributed by atoms with Crippen molar-refractivity contribution in [1.29, 1.82) is 0 Å². The molecule has 0 fully saturated rings. The lowest BCUT2D eigenvalue weighted by Crippen LogP contribution is -2.13. The molecule has 4 aromatic heterocycles. The average Bonchev–Trinajstić information content (AvgIpc) is 3.74. The molecule has 6 rings (SSSR count). The number of nitrogens with one attached hydrogen (secondary N) is 2. The number of hydrogen-bond acceptors (Lipinski definition) is 13. The summed E-state index contributed by atoms with van der Waals surface area (Å²) < 4.78 is 36.6. The predicted molar refractivity (Wildman–Crippen MR) is 172 cm³/mol. The van der Waals surface area contributed by atoms with Crippen molar-refractivity contribution in [3.63, 3.8) is 0 Å². The van der Waals surface area contributed by atoms with E-state index in [1.165, 1.54) is 12.7 Å². The van der Waals surface area contributed by atoms with E-state index in [2.05, 4.69) is 40.5 Å². The number of carbonyl (C=O) groups excluding carboxylic acids is 2. The van der Waals surface area contributed by atoms with Crippen LogP contribution in [0.25, 0.3) is 22.3 Å². The minimum atomic E-state index is -2.86. The van der Waals surface area contributed by atoms with Gasteiger partial charge >= 0.3 is 8.25 Å². The summed E-state index contributed by atoms with van der Waals surface area (Å²) in [5.74, 6) is -0.0325. The number of amides is 2. The van der Waals surface area contributed by atoms with Crippen molar-refractivity contribution in [2.24, 2.45) is 0 Å². The van der Waals surface area contributed by atoms with Gasteiger partial charge in [-0.3, -0.25) is 23.2 Å². The third kappa shape index (κ3) is 8.09. The molecule has 2 N–H and O–H groups in total. The lowest BCUT2D eigenvalue weighted by molar-refractivity contribution is -0.0205. The number of benzene rings is 2. The van der Waals surface area contributed by atoms with Crippen LogP contribution in [0.3, 0.4) is 0 Å². The zero-order chi connectivity index (χ0) is 33.1. The van der Waals surface area contributed by atoms with E-state index in [4.69, 9.17) is 18.5 Å². The minimum Gasteiger partial charge on any atom is -0.353 e. The van der Waals surface area contributed by atoms with E-state index in [-0.39, 0.29) is 38.6 Å². The molecule has 18 heteroatoms. The number of anilines is 2. The SMILES string of the molecule is O=C(Nc1ncnc2c1ncn2CCOCO[PH](=O)OCOCCn1cnc2c(NC(=O)c3ccccc3)ncnc21)c1ccccc1. The second-order valence-electron chi connectivity index (χ2n) is 9.90. The molecule has 0 saturated carbocycles. The monoisotopic (exact) mass is 672 g/mol. The molecule has 0 aliphatic heterocycles. The van der Waals surface area contributed by atoms with Crippen molar-refractivity contribution in [3.05, 3.63) is 97.1 Å². The fourth-order valence-electron chi connectivity index (χ4n) is 4.47. The van der Waals surface area contributed by atoms with Crippen LogP contribution in [-0.4, -0.2) is 77.7 Å². The molecule has 0 bridgehead atoms. The smallest absolute Gasteiger partial charge is 0.323 e. The molecule has 0 atom stereocenters. The highest BCUT2D eigenvalue weighted by atomic mass is 31.1. The van der Waals surface area contributed by atoms with Gasteiger partial charge < -0.3 is 29.2 Å². The first-order valence-corrected chi connectivity index (χ1v) is 15.8. The summed E-state index contributed by atoms with van der Waals surface area (Å²) in [5, 5.41) is 5.52. The van der Waals surface area contributed by atoms with Crippen molar-refractivity contribution in [2.45, 2.75) is 13.1 Å². The van der Waals surface area contributed by atoms with Gasteiger partial charge in [-0.1, -0.05) is 36.4 Å². The molecule has 2 aromatic carbocycles. The van der Waals surface area contributed by atoms with Gasteiger partial charge in [0.15, 0.2) is 47.5 Å². The number of imidazole rings is 2. The van der Waals surface area contributed by atoms with Gasteiger partial charge in [0, 0.05) is 24.2 Å². The van der Waals surface area contributed by atoms with Crippen LogP contribution in [0.5, 0.6) is 0 Å². The van der Waals surface area contributed by atoms with Gasteiger partial charge in [0.05, 0.1) is 25.9 Å². The summed E-state index contributed by atoms with van der Waals surface area (Å²) in [6, 6.07) is 17.6. The Morgan fingerprint density at radius 1 is 0.625 bits per heavy atom. The van der Waals surface area contributed by atoms with E-state index in [0.717, 1.165) is 0 Å². The first-order valence-electron chi connectivity index (χ1n) is 14.6. The minimum absolute atomic E-state index is 0.201. The normalized spacial score (nSPS) is 11.4. The zero-order valence-electron chi connectivity index (χ0n) is 25.3. The fraction of sp³-hybridized carbons (Fsp3) is 0.200. The van der Waals surface area contributed by atoms with Crippen molar-refractivity contribution in [1.82, 2.24) is 39.0 Å². The van der Waals surface area contributed by atoms with E-state index in [1.54, 1.807) is 70.3 Å². The molecule has 246 valence electrons. The molecular weight excluding hydrogens is 643 g/mol. The van der Waals surface area contributed by atoms with E-state index < -0.39 is 8.25 Å². The summed E-state index contributed by atoms with van der Waals surface area (Å²) >= 11 is 0. The van der Waals surface area contributed by atoms with E-state index in [0.29, 0.717) is 58.2 Å². The molecule has 2 amide bonds. The van der Waals surface area contributed by atoms with E-state index in [9.17, 15) is 14.2 Å². The van der Waals surface area contributed by atoms with Crippen LogP contribution >= 0.6 is 8.25 Å². The van der Waals surface area contributed by atoms with Crippen LogP contribution in [-0.2, 0) is 36.2 Å². The highest BCUT2D eigenvalue weighted by Gasteiger charge is 2.15. The number of rotatable bonds is 16. The highest BCUT2D eigenvalue weighted by Crippen LogP contribution is 2.24. The molecule has 0 saturated heterocycles. The number of hydrogen-bond donors (Lipinski definition) is 2. The fourth-order valence-corrected chi connectivity index (χ4v) is 4.92. The van der Waals surface area contributed by atoms with Gasteiger partial charge in [0.2, 0.25) is 0 Å². The Labute approximate surface area is 273 Å². The molecule has 0 spiro atoms. The Bertz CT molecular complexity index is 1880. The van der Waals surface area contributed by atoms with Gasteiger partial charge in [-0.25, -0.2) is 29.9 Å². The van der Waals surface area contributed by atoms with Crippen LogP contribution in [0.1, 0.15) is 20.7 Å². The molecule has 0 radical (unpaired) electrons. The van der Waals surface area contributed by atoms with Gasteiger partial charge in [0.1, 0.15) is 12.7 Å². The van der Waals surface area contributed by atoms with Crippen LogP contribution < -0.4 is 10.6 Å². The van der Waals surface area contributed by atoms with Crippen molar-refractivity contribution >= 4 is 54.0 Å². The molecule has 0 aliphatic rings. The van der Waals surface area contributed by atoms with Crippen LogP contribution in [0.15, 0.2) is 86.0 Å². The van der Waals surface area contributed by atoms with Crippen molar-refractivity contribution in [2.75, 3.05) is 37.4 Å².